The number of halogens is 1. The molecule has 2 aromatic rings. The van der Waals surface area contributed by atoms with Crippen molar-refractivity contribution >= 4 is 17.5 Å². The van der Waals surface area contributed by atoms with Crippen LogP contribution in [0.3, 0.4) is 0 Å². The van der Waals surface area contributed by atoms with Crippen molar-refractivity contribution in [2.75, 3.05) is 26.7 Å². The molecule has 1 aliphatic heterocycles. The van der Waals surface area contributed by atoms with Crippen LogP contribution in [0.2, 0.25) is 5.02 Å². The van der Waals surface area contributed by atoms with Gasteiger partial charge in [-0.05, 0) is 63.5 Å². The van der Waals surface area contributed by atoms with E-state index in [4.69, 9.17) is 11.6 Å². The van der Waals surface area contributed by atoms with Crippen LogP contribution < -0.4 is 5.32 Å². The third-order valence-electron chi connectivity index (χ3n) is 4.52. The zero-order valence-corrected chi connectivity index (χ0v) is 14.9. The fraction of sp³-hybridized carbons (Fsp3) is 0.444. The van der Waals surface area contributed by atoms with Gasteiger partial charge in [0.25, 0.3) is 5.91 Å². The SMILES string of the molecule is CNC[C@H]1CCCN(C(=O)c2cn(-c3ccc(Cl)cc3)nc2C)C1. The zero-order valence-electron chi connectivity index (χ0n) is 14.1. The summed E-state index contributed by atoms with van der Waals surface area (Å²) in [5.74, 6) is 0.604. The van der Waals surface area contributed by atoms with Gasteiger partial charge in [0, 0.05) is 24.3 Å². The summed E-state index contributed by atoms with van der Waals surface area (Å²) in [5.41, 5.74) is 2.33. The molecule has 1 fully saturated rings. The maximum atomic E-state index is 12.9. The maximum absolute atomic E-state index is 12.9. The van der Waals surface area contributed by atoms with Gasteiger partial charge in [-0.25, -0.2) is 4.68 Å². The number of benzene rings is 1. The minimum atomic E-state index is 0.0773. The molecule has 6 heteroatoms. The number of nitrogens with zero attached hydrogens (tertiary/aromatic N) is 3. The molecule has 1 atom stereocenters. The third-order valence-corrected chi connectivity index (χ3v) is 4.77. The lowest BCUT2D eigenvalue weighted by Crippen LogP contribution is -2.42. The van der Waals surface area contributed by atoms with Crippen molar-refractivity contribution in [1.29, 1.82) is 0 Å². The van der Waals surface area contributed by atoms with Crippen LogP contribution in [0.25, 0.3) is 5.69 Å². The van der Waals surface area contributed by atoms with Gasteiger partial charge in [-0.1, -0.05) is 11.6 Å². The van der Waals surface area contributed by atoms with Gasteiger partial charge in [-0.15, -0.1) is 0 Å². The number of amides is 1. The largest absolute Gasteiger partial charge is 0.338 e. The first-order chi connectivity index (χ1) is 11.6. The van der Waals surface area contributed by atoms with Crippen LogP contribution in [0, 0.1) is 12.8 Å². The van der Waals surface area contributed by atoms with Crippen LogP contribution >= 0.6 is 11.6 Å². The highest BCUT2D eigenvalue weighted by Crippen LogP contribution is 2.21. The topological polar surface area (TPSA) is 50.2 Å². The Bertz CT molecular complexity index is 708. The summed E-state index contributed by atoms with van der Waals surface area (Å²) in [6.45, 7) is 4.47. The van der Waals surface area contributed by atoms with Gasteiger partial charge in [0.1, 0.15) is 0 Å². The summed E-state index contributed by atoms with van der Waals surface area (Å²) in [6, 6.07) is 7.44. The molecule has 0 bridgehead atoms. The van der Waals surface area contributed by atoms with E-state index in [2.05, 4.69) is 10.4 Å². The number of likely N-dealkylation sites (tertiary alicyclic amines) is 1. The van der Waals surface area contributed by atoms with Gasteiger partial charge in [-0.2, -0.15) is 5.10 Å². The molecule has 0 aliphatic carbocycles. The molecule has 1 amide bonds. The second kappa shape index (κ2) is 7.36. The van der Waals surface area contributed by atoms with E-state index in [1.54, 1.807) is 4.68 Å². The first-order valence-electron chi connectivity index (χ1n) is 8.34. The van der Waals surface area contributed by atoms with Gasteiger partial charge in [-0.3, -0.25) is 4.79 Å². The van der Waals surface area contributed by atoms with Gasteiger partial charge in [0.05, 0.1) is 16.9 Å². The fourth-order valence-corrected chi connectivity index (χ4v) is 3.40. The zero-order chi connectivity index (χ0) is 17.1. The Morgan fingerprint density at radius 2 is 2.12 bits per heavy atom. The molecule has 1 aromatic heterocycles. The number of rotatable bonds is 4. The standard InChI is InChI=1S/C18H23ClN4O/c1-13-17(12-23(21-13)16-7-5-15(19)6-8-16)18(24)22-9-3-4-14(11-22)10-20-2/h5-8,12,14,20H,3-4,9-11H2,1-2H3/t14-/m1/s1. The van der Waals surface area contributed by atoms with E-state index in [9.17, 15) is 4.79 Å². The average molecular weight is 347 g/mol. The van der Waals surface area contributed by atoms with E-state index in [1.165, 1.54) is 6.42 Å². The van der Waals surface area contributed by atoms with Gasteiger partial charge >= 0.3 is 0 Å². The highest BCUT2D eigenvalue weighted by Gasteiger charge is 2.26. The van der Waals surface area contributed by atoms with Crippen molar-refractivity contribution in [2.24, 2.45) is 5.92 Å². The monoisotopic (exact) mass is 346 g/mol. The number of aryl methyl sites for hydroxylation is 1. The van der Waals surface area contributed by atoms with E-state index in [1.807, 2.05) is 49.3 Å². The van der Waals surface area contributed by atoms with Gasteiger partial charge < -0.3 is 10.2 Å². The predicted molar refractivity (Wildman–Crippen MR) is 95.9 cm³/mol. The molecular weight excluding hydrogens is 324 g/mol. The van der Waals surface area contributed by atoms with E-state index in [-0.39, 0.29) is 5.91 Å². The first-order valence-corrected chi connectivity index (χ1v) is 8.72. The van der Waals surface area contributed by atoms with Crippen molar-refractivity contribution < 1.29 is 4.79 Å². The van der Waals surface area contributed by atoms with Crippen LogP contribution in [0.4, 0.5) is 0 Å². The third kappa shape index (κ3) is 3.62. The van der Waals surface area contributed by atoms with Gasteiger partial charge in [0.15, 0.2) is 0 Å². The number of hydrogen-bond acceptors (Lipinski definition) is 3. The number of carbonyl (C=O) groups excluding carboxylic acids is 1. The summed E-state index contributed by atoms with van der Waals surface area (Å²) in [6.07, 6.45) is 4.05. The Balaban J connectivity index is 1.79. The number of piperidine rings is 1. The molecule has 5 nitrogen and oxygen atoms in total. The summed E-state index contributed by atoms with van der Waals surface area (Å²) < 4.78 is 1.74. The fourth-order valence-electron chi connectivity index (χ4n) is 3.27. The van der Waals surface area contributed by atoms with Crippen LogP contribution in [0.5, 0.6) is 0 Å². The Labute approximate surface area is 147 Å². The average Bonchev–Trinajstić information content (AvgIpc) is 2.97. The molecule has 0 spiro atoms. The van der Waals surface area contributed by atoms with Crippen LogP contribution in [0.15, 0.2) is 30.5 Å². The minimum absolute atomic E-state index is 0.0773. The lowest BCUT2D eigenvalue weighted by Gasteiger charge is -2.32. The number of hydrogen-bond donors (Lipinski definition) is 1. The maximum Gasteiger partial charge on any atom is 0.257 e. The van der Waals surface area contributed by atoms with Crippen molar-refractivity contribution in [3.8, 4) is 5.69 Å². The van der Waals surface area contributed by atoms with Crippen LogP contribution in [-0.4, -0.2) is 47.3 Å². The highest BCUT2D eigenvalue weighted by molar-refractivity contribution is 6.30. The molecule has 128 valence electrons. The van der Waals surface area contributed by atoms with E-state index < -0.39 is 0 Å². The van der Waals surface area contributed by atoms with Gasteiger partial charge in [0.2, 0.25) is 0 Å². The molecule has 0 unspecified atom stereocenters. The second-order valence-electron chi connectivity index (χ2n) is 6.37. The van der Waals surface area contributed by atoms with Crippen molar-refractivity contribution in [3.63, 3.8) is 0 Å². The Morgan fingerprint density at radius 1 is 1.38 bits per heavy atom. The van der Waals surface area contributed by atoms with Crippen molar-refractivity contribution in [3.05, 3.63) is 46.7 Å². The van der Waals surface area contributed by atoms with Crippen LogP contribution in [-0.2, 0) is 0 Å². The number of aromatic nitrogens is 2. The molecule has 1 N–H and O–H groups in total. The molecule has 1 saturated heterocycles. The van der Waals surface area contributed by atoms with E-state index in [0.717, 1.165) is 37.4 Å². The molecular formula is C18H23ClN4O. The molecule has 0 radical (unpaired) electrons. The summed E-state index contributed by atoms with van der Waals surface area (Å²) in [5, 5.41) is 8.39. The molecule has 3 rings (SSSR count). The minimum Gasteiger partial charge on any atom is -0.338 e. The highest BCUT2D eigenvalue weighted by atomic mass is 35.5. The smallest absolute Gasteiger partial charge is 0.257 e. The summed E-state index contributed by atoms with van der Waals surface area (Å²) in [4.78, 5) is 14.9. The Kier molecular flexibility index (Phi) is 5.21. The first kappa shape index (κ1) is 17.0. The van der Waals surface area contributed by atoms with Crippen LogP contribution in [0.1, 0.15) is 28.9 Å². The Morgan fingerprint density at radius 3 is 2.83 bits per heavy atom. The molecule has 24 heavy (non-hydrogen) atoms. The summed E-state index contributed by atoms with van der Waals surface area (Å²) >= 11 is 5.93. The summed E-state index contributed by atoms with van der Waals surface area (Å²) in [7, 11) is 1.96. The van der Waals surface area contributed by atoms with E-state index in [0.29, 0.717) is 16.5 Å². The Hall–Kier alpha value is -1.85. The molecule has 1 aromatic carbocycles. The normalized spacial score (nSPS) is 18.0. The molecule has 1 aliphatic rings. The van der Waals surface area contributed by atoms with E-state index >= 15 is 0 Å². The molecule has 0 saturated carbocycles. The van der Waals surface area contributed by atoms with Crippen molar-refractivity contribution in [1.82, 2.24) is 20.0 Å². The molecule has 2 heterocycles. The number of carbonyl (C=O) groups is 1. The quantitative estimate of drug-likeness (QED) is 0.926. The second-order valence-corrected chi connectivity index (χ2v) is 6.80. The lowest BCUT2D eigenvalue weighted by atomic mass is 9.97. The lowest BCUT2D eigenvalue weighted by molar-refractivity contribution is 0.0673. The number of nitrogens with one attached hydrogen (secondary N) is 1. The van der Waals surface area contributed by atoms with Crippen molar-refractivity contribution in [2.45, 2.75) is 19.8 Å². The predicted octanol–water partition coefficient (Wildman–Crippen LogP) is 2.91.